The molecule has 4 nitrogen and oxygen atoms in total. The Morgan fingerprint density at radius 3 is 2.55 bits per heavy atom. The highest BCUT2D eigenvalue weighted by Gasteiger charge is 2.31. The molecule has 1 fully saturated rings. The van der Waals surface area contributed by atoms with Gasteiger partial charge in [-0.2, -0.15) is 13.2 Å². The van der Waals surface area contributed by atoms with Gasteiger partial charge in [-0.3, -0.25) is 4.79 Å². The first kappa shape index (κ1) is 16.8. The zero-order chi connectivity index (χ0) is 16.3. The fourth-order valence-corrected chi connectivity index (χ4v) is 2.74. The zero-order valence-corrected chi connectivity index (χ0v) is 12.5. The minimum absolute atomic E-state index is 0.0695. The van der Waals surface area contributed by atoms with Crippen molar-refractivity contribution in [3.05, 3.63) is 29.8 Å². The van der Waals surface area contributed by atoms with Gasteiger partial charge in [0.05, 0.1) is 5.56 Å². The average Bonchev–Trinajstić information content (AvgIpc) is 2.36. The van der Waals surface area contributed by atoms with E-state index in [9.17, 15) is 18.0 Å². The minimum Gasteiger partial charge on any atom is -0.364 e. The molecule has 1 aromatic rings. The smallest absolute Gasteiger partial charge is 0.364 e. The number of quaternary nitrogens is 1. The Labute approximate surface area is 127 Å². The molecule has 7 heteroatoms. The SMILES string of the molecule is CC1C[NH+](CC(=O)Nc2cccc(C(F)(F)F)c2)CC(C)O1. The van der Waals surface area contributed by atoms with Crippen molar-refractivity contribution < 1.29 is 27.6 Å². The third kappa shape index (κ3) is 4.71. The summed E-state index contributed by atoms with van der Waals surface area (Å²) in [4.78, 5) is 13.1. The highest BCUT2D eigenvalue weighted by atomic mass is 19.4. The Kier molecular flexibility index (Phi) is 5.08. The zero-order valence-electron chi connectivity index (χ0n) is 12.5. The van der Waals surface area contributed by atoms with Crippen LogP contribution in [0.15, 0.2) is 24.3 Å². The van der Waals surface area contributed by atoms with Gasteiger partial charge in [-0.25, -0.2) is 0 Å². The second kappa shape index (κ2) is 6.66. The van der Waals surface area contributed by atoms with Crippen molar-refractivity contribution in [3.63, 3.8) is 0 Å². The third-order valence-corrected chi connectivity index (χ3v) is 3.50. The Morgan fingerprint density at radius 1 is 1.32 bits per heavy atom. The van der Waals surface area contributed by atoms with Gasteiger partial charge in [0.2, 0.25) is 0 Å². The average molecular weight is 317 g/mol. The van der Waals surface area contributed by atoms with E-state index in [0.29, 0.717) is 13.1 Å². The van der Waals surface area contributed by atoms with Crippen LogP contribution in [-0.2, 0) is 15.7 Å². The molecule has 2 N–H and O–H groups in total. The summed E-state index contributed by atoms with van der Waals surface area (Å²) >= 11 is 0. The molecule has 0 aromatic heterocycles. The number of carbonyl (C=O) groups excluding carboxylic acids is 1. The molecule has 2 rings (SSSR count). The van der Waals surface area contributed by atoms with E-state index in [0.717, 1.165) is 17.0 Å². The quantitative estimate of drug-likeness (QED) is 0.883. The van der Waals surface area contributed by atoms with Crippen LogP contribution in [0.1, 0.15) is 19.4 Å². The number of nitrogens with one attached hydrogen (secondary N) is 2. The summed E-state index contributed by atoms with van der Waals surface area (Å²) < 4.78 is 43.5. The van der Waals surface area contributed by atoms with E-state index in [1.807, 2.05) is 13.8 Å². The van der Waals surface area contributed by atoms with E-state index in [1.54, 1.807) is 0 Å². The van der Waals surface area contributed by atoms with Crippen molar-refractivity contribution in [3.8, 4) is 0 Å². The number of ether oxygens (including phenoxy) is 1. The molecule has 1 aliphatic rings. The molecule has 2 unspecified atom stereocenters. The van der Waals surface area contributed by atoms with Gasteiger partial charge in [-0.1, -0.05) is 6.07 Å². The molecule has 1 saturated heterocycles. The molecule has 122 valence electrons. The third-order valence-electron chi connectivity index (χ3n) is 3.50. The number of hydrogen-bond acceptors (Lipinski definition) is 2. The van der Waals surface area contributed by atoms with Gasteiger partial charge in [0.15, 0.2) is 6.54 Å². The monoisotopic (exact) mass is 317 g/mol. The Morgan fingerprint density at radius 2 is 1.95 bits per heavy atom. The summed E-state index contributed by atoms with van der Waals surface area (Å²) in [6, 6.07) is 4.65. The molecule has 0 bridgehead atoms. The predicted molar refractivity (Wildman–Crippen MR) is 75.6 cm³/mol. The molecule has 22 heavy (non-hydrogen) atoms. The van der Waals surface area contributed by atoms with Crippen LogP contribution in [0.5, 0.6) is 0 Å². The van der Waals surface area contributed by atoms with Crippen molar-refractivity contribution in [2.45, 2.75) is 32.2 Å². The Balaban J connectivity index is 1.95. The van der Waals surface area contributed by atoms with Gasteiger partial charge in [-0.15, -0.1) is 0 Å². The maximum absolute atomic E-state index is 12.6. The second-order valence-electron chi connectivity index (χ2n) is 5.72. The number of benzene rings is 1. The van der Waals surface area contributed by atoms with Gasteiger partial charge in [0.25, 0.3) is 5.91 Å². The van der Waals surface area contributed by atoms with Gasteiger partial charge in [0.1, 0.15) is 25.3 Å². The van der Waals surface area contributed by atoms with E-state index < -0.39 is 11.7 Å². The summed E-state index contributed by atoms with van der Waals surface area (Å²) in [6.45, 7) is 5.52. The number of amides is 1. The molecule has 0 saturated carbocycles. The van der Waals surface area contributed by atoms with Crippen LogP contribution < -0.4 is 10.2 Å². The van der Waals surface area contributed by atoms with E-state index in [4.69, 9.17) is 4.74 Å². The highest BCUT2D eigenvalue weighted by molar-refractivity contribution is 5.91. The Hall–Kier alpha value is -1.60. The Bertz CT molecular complexity index is 524. The number of carbonyl (C=O) groups is 1. The van der Waals surface area contributed by atoms with Crippen molar-refractivity contribution in [2.24, 2.45) is 0 Å². The fraction of sp³-hybridized carbons (Fsp3) is 0.533. The number of alkyl halides is 3. The minimum atomic E-state index is -4.42. The van der Waals surface area contributed by atoms with Gasteiger partial charge in [0, 0.05) is 5.69 Å². The lowest BCUT2D eigenvalue weighted by molar-refractivity contribution is -0.907. The van der Waals surface area contributed by atoms with Crippen molar-refractivity contribution in [2.75, 3.05) is 25.0 Å². The van der Waals surface area contributed by atoms with Gasteiger partial charge >= 0.3 is 6.18 Å². The molecular formula is C15H20F3N2O2+. The number of rotatable bonds is 3. The van der Waals surface area contributed by atoms with E-state index in [-0.39, 0.29) is 30.3 Å². The summed E-state index contributed by atoms with van der Waals surface area (Å²) in [5.74, 6) is -0.296. The predicted octanol–water partition coefficient (Wildman–Crippen LogP) is 1.34. The normalized spacial score (nSPS) is 25.8. The lowest BCUT2D eigenvalue weighted by Crippen LogP contribution is -3.16. The van der Waals surface area contributed by atoms with E-state index >= 15 is 0 Å². The van der Waals surface area contributed by atoms with Crippen molar-refractivity contribution in [1.29, 1.82) is 0 Å². The molecule has 0 aliphatic carbocycles. The highest BCUT2D eigenvalue weighted by Crippen LogP contribution is 2.30. The molecule has 1 aliphatic heterocycles. The van der Waals surface area contributed by atoms with Crippen LogP contribution in [0.3, 0.4) is 0 Å². The van der Waals surface area contributed by atoms with Crippen LogP contribution in [0.4, 0.5) is 18.9 Å². The van der Waals surface area contributed by atoms with Crippen LogP contribution in [0, 0.1) is 0 Å². The number of anilines is 1. The van der Waals surface area contributed by atoms with Crippen molar-refractivity contribution in [1.82, 2.24) is 0 Å². The maximum atomic E-state index is 12.6. The molecule has 1 heterocycles. The summed E-state index contributed by atoms with van der Waals surface area (Å²) in [6.07, 6.45) is -4.28. The largest absolute Gasteiger partial charge is 0.416 e. The number of halogens is 3. The van der Waals surface area contributed by atoms with Crippen LogP contribution in [0.2, 0.25) is 0 Å². The molecule has 0 spiro atoms. The molecule has 2 atom stereocenters. The van der Waals surface area contributed by atoms with Crippen LogP contribution in [0.25, 0.3) is 0 Å². The van der Waals surface area contributed by atoms with Crippen molar-refractivity contribution >= 4 is 11.6 Å². The molecule has 0 radical (unpaired) electrons. The lowest BCUT2D eigenvalue weighted by Gasteiger charge is -2.31. The molecule has 1 amide bonds. The standard InChI is InChI=1S/C15H19F3N2O2/c1-10-7-20(8-11(2)22-10)9-14(21)19-13-5-3-4-12(6-13)15(16,17)18/h3-6,10-11H,7-9H2,1-2H3,(H,19,21)/p+1. The summed E-state index contributed by atoms with van der Waals surface area (Å²) in [5, 5.41) is 2.53. The van der Waals surface area contributed by atoms with Crippen LogP contribution in [-0.4, -0.2) is 37.7 Å². The second-order valence-corrected chi connectivity index (χ2v) is 5.72. The molecular weight excluding hydrogens is 297 g/mol. The summed E-state index contributed by atoms with van der Waals surface area (Å²) in [7, 11) is 0. The van der Waals surface area contributed by atoms with Gasteiger partial charge < -0.3 is 15.0 Å². The first-order valence-electron chi connectivity index (χ1n) is 7.20. The van der Waals surface area contributed by atoms with E-state index in [2.05, 4.69) is 5.32 Å². The summed E-state index contributed by atoms with van der Waals surface area (Å²) in [5.41, 5.74) is -0.611. The first-order chi connectivity index (χ1) is 10.2. The number of morpholine rings is 1. The fourth-order valence-electron chi connectivity index (χ4n) is 2.74. The lowest BCUT2D eigenvalue weighted by atomic mass is 10.2. The number of hydrogen-bond donors (Lipinski definition) is 2. The topological polar surface area (TPSA) is 42.8 Å². The van der Waals surface area contributed by atoms with Crippen LogP contribution >= 0.6 is 0 Å². The maximum Gasteiger partial charge on any atom is 0.416 e. The van der Waals surface area contributed by atoms with Gasteiger partial charge in [-0.05, 0) is 32.0 Å². The van der Waals surface area contributed by atoms with E-state index in [1.165, 1.54) is 12.1 Å². The first-order valence-corrected chi connectivity index (χ1v) is 7.20. The molecule has 1 aromatic carbocycles.